The molecule has 0 amide bonds. The van der Waals surface area contributed by atoms with E-state index in [1.54, 1.807) is 36.4 Å². The second kappa shape index (κ2) is 8.41. The van der Waals surface area contributed by atoms with Crippen LogP contribution in [0.25, 0.3) is 10.9 Å². The molecule has 2 aromatic carbocycles. The van der Waals surface area contributed by atoms with Gasteiger partial charge in [-0.3, -0.25) is 4.79 Å². The second-order valence-corrected chi connectivity index (χ2v) is 7.72. The number of methoxy groups -OCH3 is 1. The molecule has 0 unspecified atom stereocenters. The number of rotatable bonds is 7. The fourth-order valence-electron chi connectivity index (χ4n) is 3.24. The number of aromatic nitrogens is 1. The molecule has 1 heterocycles. The molecule has 148 valence electrons. The van der Waals surface area contributed by atoms with E-state index in [9.17, 15) is 18.7 Å². The maximum atomic E-state index is 12.5. The van der Waals surface area contributed by atoms with Crippen LogP contribution < -0.4 is 4.74 Å². The fraction of sp³-hybridized carbons (Fsp3) is 0.250. The van der Waals surface area contributed by atoms with E-state index < -0.39 is 11.7 Å². The molecule has 0 fully saturated rings. The van der Waals surface area contributed by atoms with Crippen molar-refractivity contribution in [3.63, 3.8) is 0 Å². The average molecular weight is 426 g/mol. The summed E-state index contributed by atoms with van der Waals surface area (Å²) < 4.78 is 32.2. The van der Waals surface area contributed by atoms with Crippen molar-refractivity contribution in [3.8, 4) is 5.75 Å². The van der Waals surface area contributed by atoms with Crippen LogP contribution in [0, 0.1) is 6.92 Å². The molecule has 0 aliphatic heterocycles. The van der Waals surface area contributed by atoms with Gasteiger partial charge >= 0.3 is 5.97 Å². The van der Waals surface area contributed by atoms with E-state index in [1.807, 2.05) is 11.5 Å². The summed E-state index contributed by atoms with van der Waals surface area (Å²) in [7, 11) is 1.51. The Bertz CT molecular complexity index is 1020. The molecule has 3 rings (SSSR count). The van der Waals surface area contributed by atoms with Crippen LogP contribution in [0.3, 0.4) is 0 Å². The molecule has 0 saturated heterocycles. The van der Waals surface area contributed by atoms with Crippen molar-refractivity contribution >= 4 is 40.2 Å². The minimum Gasteiger partial charge on any atom is -0.495 e. The van der Waals surface area contributed by atoms with E-state index in [-0.39, 0.29) is 6.42 Å². The van der Waals surface area contributed by atoms with Gasteiger partial charge in [0.2, 0.25) is 0 Å². The molecule has 3 aromatic rings. The number of hydrogen-bond acceptors (Lipinski definition) is 3. The van der Waals surface area contributed by atoms with E-state index in [2.05, 4.69) is 0 Å². The molecular weight excluding hydrogens is 408 g/mol. The number of nitrogens with zero attached hydrogens (tertiary/aromatic N) is 1. The van der Waals surface area contributed by atoms with Crippen LogP contribution >= 0.6 is 23.4 Å². The molecule has 8 heteroatoms. The first-order valence-corrected chi connectivity index (χ1v) is 9.66. The van der Waals surface area contributed by atoms with E-state index in [1.165, 1.54) is 7.11 Å². The smallest absolute Gasteiger partial charge is 0.307 e. The normalized spacial score (nSPS) is 11.4. The SMILES string of the molecule is COc1cc2c(CC(=O)O)c(C)n(Cc3ccc(SC(F)F)cc3)c2cc1Cl. The van der Waals surface area contributed by atoms with Gasteiger partial charge in [-0.2, -0.15) is 8.78 Å². The number of carboxylic acids is 1. The average Bonchev–Trinajstić information content (AvgIpc) is 2.86. The van der Waals surface area contributed by atoms with Gasteiger partial charge in [0.05, 0.1) is 24.1 Å². The summed E-state index contributed by atoms with van der Waals surface area (Å²) in [6, 6.07) is 10.4. The lowest BCUT2D eigenvalue weighted by Gasteiger charge is -2.11. The molecule has 0 aliphatic carbocycles. The Morgan fingerprint density at radius 2 is 1.96 bits per heavy atom. The lowest BCUT2D eigenvalue weighted by atomic mass is 10.1. The molecule has 1 aromatic heterocycles. The van der Waals surface area contributed by atoms with Crippen molar-refractivity contribution in [2.24, 2.45) is 0 Å². The van der Waals surface area contributed by atoms with Gasteiger partial charge in [-0.05, 0) is 42.3 Å². The van der Waals surface area contributed by atoms with Crippen molar-refractivity contribution in [2.75, 3.05) is 7.11 Å². The van der Waals surface area contributed by atoms with Crippen molar-refractivity contribution in [1.82, 2.24) is 4.57 Å². The van der Waals surface area contributed by atoms with Gasteiger partial charge < -0.3 is 14.4 Å². The van der Waals surface area contributed by atoms with Gasteiger partial charge in [0, 0.05) is 22.5 Å². The maximum absolute atomic E-state index is 12.5. The minimum atomic E-state index is -2.46. The lowest BCUT2D eigenvalue weighted by molar-refractivity contribution is -0.136. The molecule has 0 bridgehead atoms. The standard InChI is InChI=1S/C20H18ClF2NO3S/c1-11-14(8-19(25)26)15-7-18(27-2)16(21)9-17(15)24(11)10-12-3-5-13(6-4-12)28-20(22)23/h3-7,9,20H,8,10H2,1-2H3,(H,25,26). The predicted molar refractivity (Wildman–Crippen MR) is 107 cm³/mol. The van der Waals surface area contributed by atoms with Gasteiger partial charge in [-0.25, -0.2) is 0 Å². The maximum Gasteiger partial charge on any atom is 0.307 e. The lowest BCUT2D eigenvalue weighted by Crippen LogP contribution is -2.05. The molecule has 0 atom stereocenters. The van der Waals surface area contributed by atoms with Crippen molar-refractivity contribution in [1.29, 1.82) is 0 Å². The Hall–Kier alpha value is -2.25. The Morgan fingerprint density at radius 1 is 1.29 bits per heavy atom. The third-order valence-electron chi connectivity index (χ3n) is 4.54. The number of alkyl halides is 2. The summed E-state index contributed by atoms with van der Waals surface area (Å²) in [5.41, 5.74) is 3.22. The first kappa shape index (κ1) is 20.5. The van der Waals surface area contributed by atoms with Crippen molar-refractivity contribution < 1.29 is 23.4 Å². The molecule has 0 saturated carbocycles. The first-order valence-electron chi connectivity index (χ1n) is 8.41. The highest BCUT2D eigenvalue weighted by Crippen LogP contribution is 2.35. The molecule has 0 spiro atoms. The van der Waals surface area contributed by atoms with Crippen LogP contribution in [0.15, 0.2) is 41.3 Å². The molecule has 28 heavy (non-hydrogen) atoms. The Morgan fingerprint density at radius 3 is 2.54 bits per heavy atom. The summed E-state index contributed by atoms with van der Waals surface area (Å²) in [6.07, 6.45) is -0.121. The molecule has 0 radical (unpaired) electrons. The van der Waals surface area contributed by atoms with Crippen LogP contribution in [0.2, 0.25) is 5.02 Å². The largest absolute Gasteiger partial charge is 0.495 e. The summed E-state index contributed by atoms with van der Waals surface area (Å²) in [5.74, 6) is -2.91. The van der Waals surface area contributed by atoms with E-state index >= 15 is 0 Å². The van der Waals surface area contributed by atoms with E-state index in [4.69, 9.17) is 16.3 Å². The highest BCUT2D eigenvalue weighted by molar-refractivity contribution is 7.99. The monoisotopic (exact) mass is 425 g/mol. The van der Waals surface area contributed by atoms with Gasteiger partial charge in [0.1, 0.15) is 5.75 Å². The topological polar surface area (TPSA) is 51.5 Å². The van der Waals surface area contributed by atoms with Crippen LogP contribution in [0.5, 0.6) is 5.75 Å². The number of aliphatic carboxylic acids is 1. The Labute approximate surface area is 170 Å². The summed E-state index contributed by atoms with van der Waals surface area (Å²) in [6.45, 7) is 2.32. The second-order valence-electron chi connectivity index (χ2n) is 6.25. The molecule has 4 nitrogen and oxygen atoms in total. The highest BCUT2D eigenvalue weighted by Gasteiger charge is 2.19. The molecule has 1 N–H and O–H groups in total. The van der Waals surface area contributed by atoms with Gasteiger partial charge in [-0.1, -0.05) is 35.5 Å². The fourth-order valence-corrected chi connectivity index (χ4v) is 3.97. The van der Waals surface area contributed by atoms with Gasteiger partial charge in [0.25, 0.3) is 5.76 Å². The number of carbonyl (C=O) groups is 1. The van der Waals surface area contributed by atoms with Crippen molar-refractivity contribution in [2.45, 2.75) is 30.5 Å². The zero-order chi connectivity index (χ0) is 20.4. The molecule has 0 aliphatic rings. The Kier molecular flexibility index (Phi) is 6.15. The predicted octanol–water partition coefficient (Wildman–Crippen LogP) is 5.60. The third kappa shape index (κ3) is 4.25. The van der Waals surface area contributed by atoms with Crippen LogP contribution in [-0.2, 0) is 17.8 Å². The number of hydrogen-bond donors (Lipinski definition) is 1. The van der Waals surface area contributed by atoms with E-state index in [0.29, 0.717) is 39.5 Å². The summed E-state index contributed by atoms with van der Waals surface area (Å²) in [5, 5.41) is 10.5. The van der Waals surface area contributed by atoms with Crippen LogP contribution in [0.4, 0.5) is 8.78 Å². The zero-order valence-corrected chi connectivity index (χ0v) is 16.8. The molecular formula is C20H18ClF2NO3S. The van der Waals surface area contributed by atoms with Gasteiger partial charge in [-0.15, -0.1) is 0 Å². The number of benzene rings is 2. The van der Waals surface area contributed by atoms with Crippen LogP contribution in [-0.4, -0.2) is 28.5 Å². The highest BCUT2D eigenvalue weighted by atomic mass is 35.5. The van der Waals surface area contributed by atoms with E-state index in [0.717, 1.165) is 22.2 Å². The van der Waals surface area contributed by atoms with Gasteiger partial charge in [0.15, 0.2) is 0 Å². The minimum absolute atomic E-state index is 0.121. The summed E-state index contributed by atoms with van der Waals surface area (Å²) >= 11 is 6.79. The number of fused-ring (bicyclic) bond motifs is 1. The van der Waals surface area contributed by atoms with Crippen molar-refractivity contribution in [3.05, 3.63) is 58.2 Å². The first-order chi connectivity index (χ1) is 13.3. The Balaban J connectivity index is 2.05. The number of ether oxygens (including phenoxy) is 1. The quantitative estimate of drug-likeness (QED) is 0.500. The third-order valence-corrected chi connectivity index (χ3v) is 5.56. The van der Waals surface area contributed by atoms with Crippen LogP contribution in [0.1, 0.15) is 16.8 Å². The number of thioether (sulfide) groups is 1. The summed E-state index contributed by atoms with van der Waals surface area (Å²) in [4.78, 5) is 11.8. The number of halogens is 3. The number of carboxylic acid groups (broad SMARTS) is 1. The zero-order valence-electron chi connectivity index (χ0n) is 15.2.